The van der Waals surface area contributed by atoms with Crippen molar-refractivity contribution in [1.29, 1.82) is 0 Å². The first kappa shape index (κ1) is 12.6. The number of hydrogen-bond acceptors (Lipinski definition) is 6. The minimum absolute atomic E-state index is 0.319. The first-order chi connectivity index (χ1) is 10.4. The van der Waals surface area contributed by atoms with Gasteiger partial charge in [0.2, 0.25) is 11.7 Å². The van der Waals surface area contributed by atoms with Gasteiger partial charge in [-0.1, -0.05) is 17.3 Å². The van der Waals surface area contributed by atoms with E-state index in [9.17, 15) is 0 Å². The molecule has 110 valence electrons. The van der Waals surface area contributed by atoms with Gasteiger partial charge in [0, 0.05) is 0 Å². The topological polar surface area (TPSA) is 69.4 Å². The highest BCUT2D eigenvalue weighted by molar-refractivity contribution is 5.40. The lowest BCUT2D eigenvalue weighted by molar-refractivity contribution is 0.0832. The average molecular weight is 287 g/mol. The molecular weight excluding hydrogens is 270 g/mol. The second-order valence-electron chi connectivity index (χ2n) is 5.48. The van der Waals surface area contributed by atoms with Gasteiger partial charge in [-0.25, -0.2) is 0 Å². The monoisotopic (exact) mass is 287 g/mol. The van der Waals surface area contributed by atoms with Gasteiger partial charge in [0.25, 0.3) is 0 Å². The number of benzene rings is 1. The number of ether oxygens (including phenoxy) is 2. The zero-order valence-corrected chi connectivity index (χ0v) is 11.6. The highest BCUT2D eigenvalue weighted by atomic mass is 16.6. The Labute approximate surface area is 122 Å². The summed E-state index contributed by atoms with van der Waals surface area (Å²) in [6, 6.07) is 7.59. The van der Waals surface area contributed by atoms with Crippen LogP contribution < -0.4 is 14.8 Å². The van der Waals surface area contributed by atoms with Crippen molar-refractivity contribution in [2.24, 2.45) is 5.92 Å². The van der Waals surface area contributed by atoms with Crippen LogP contribution in [0.5, 0.6) is 11.5 Å². The normalized spacial score (nSPS) is 20.5. The molecule has 1 unspecified atom stereocenters. The standard InChI is InChI=1S/C15H17N3O3/c1-2-4-12-11(3-1)19-9-13(20-12)15-17-14(21-18-15)8-16-7-10-5-6-10/h1-4,10,13,16H,5-9H2. The molecule has 2 aliphatic rings. The quantitative estimate of drug-likeness (QED) is 0.908. The molecule has 0 radical (unpaired) electrons. The first-order valence-electron chi connectivity index (χ1n) is 7.30. The molecule has 1 atom stereocenters. The van der Waals surface area contributed by atoms with Crippen molar-refractivity contribution in [3.8, 4) is 11.5 Å². The molecule has 0 amide bonds. The Morgan fingerprint density at radius 3 is 2.90 bits per heavy atom. The molecular formula is C15H17N3O3. The summed E-state index contributed by atoms with van der Waals surface area (Å²) in [5.74, 6) is 3.43. The van der Waals surface area contributed by atoms with Crippen LogP contribution in [-0.2, 0) is 6.54 Å². The number of nitrogens with zero attached hydrogens (tertiary/aromatic N) is 2. The smallest absolute Gasteiger partial charge is 0.240 e. The van der Waals surface area contributed by atoms with Crippen LogP contribution >= 0.6 is 0 Å². The van der Waals surface area contributed by atoms with Gasteiger partial charge in [0.05, 0.1) is 6.54 Å². The van der Waals surface area contributed by atoms with E-state index in [0.717, 1.165) is 18.2 Å². The second kappa shape index (κ2) is 5.37. The molecule has 1 fully saturated rings. The third kappa shape index (κ3) is 2.85. The van der Waals surface area contributed by atoms with Crippen molar-refractivity contribution < 1.29 is 14.0 Å². The molecule has 1 aromatic heterocycles. The summed E-state index contributed by atoms with van der Waals surface area (Å²) in [5, 5.41) is 7.32. The average Bonchev–Trinajstić information content (AvgIpc) is 3.23. The van der Waals surface area contributed by atoms with Crippen molar-refractivity contribution in [2.45, 2.75) is 25.5 Å². The Balaban J connectivity index is 1.39. The van der Waals surface area contributed by atoms with Gasteiger partial charge in [0.1, 0.15) is 6.61 Å². The van der Waals surface area contributed by atoms with Gasteiger partial charge in [-0.3, -0.25) is 0 Å². The van der Waals surface area contributed by atoms with E-state index in [1.807, 2.05) is 24.3 Å². The fourth-order valence-electron chi connectivity index (χ4n) is 2.32. The molecule has 1 aromatic carbocycles. The zero-order chi connectivity index (χ0) is 14.1. The van der Waals surface area contributed by atoms with Gasteiger partial charge in [-0.15, -0.1) is 0 Å². The third-order valence-corrected chi connectivity index (χ3v) is 3.69. The van der Waals surface area contributed by atoms with Gasteiger partial charge in [-0.05, 0) is 37.4 Å². The summed E-state index contributed by atoms with van der Waals surface area (Å²) in [6.45, 7) is 2.02. The lowest BCUT2D eigenvalue weighted by Gasteiger charge is -2.24. The molecule has 1 aliphatic carbocycles. The van der Waals surface area contributed by atoms with E-state index in [1.54, 1.807) is 0 Å². The Hall–Kier alpha value is -2.08. The zero-order valence-electron chi connectivity index (χ0n) is 11.6. The molecule has 6 nitrogen and oxygen atoms in total. The van der Waals surface area contributed by atoms with Crippen molar-refractivity contribution >= 4 is 0 Å². The van der Waals surface area contributed by atoms with Crippen LogP contribution in [0.15, 0.2) is 28.8 Å². The molecule has 0 spiro atoms. The molecule has 6 heteroatoms. The van der Waals surface area contributed by atoms with Crippen molar-refractivity contribution in [3.63, 3.8) is 0 Å². The van der Waals surface area contributed by atoms with E-state index in [1.165, 1.54) is 12.8 Å². The van der Waals surface area contributed by atoms with E-state index < -0.39 is 0 Å². The summed E-state index contributed by atoms with van der Waals surface area (Å²) >= 11 is 0. The fraction of sp³-hybridized carbons (Fsp3) is 0.467. The molecule has 2 aromatic rings. The minimum Gasteiger partial charge on any atom is -0.485 e. The lowest BCUT2D eigenvalue weighted by Crippen LogP contribution is -2.22. The maximum atomic E-state index is 5.85. The number of fused-ring (bicyclic) bond motifs is 1. The number of hydrogen-bond donors (Lipinski definition) is 1. The van der Waals surface area contributed by atoms with E-state index in [4.69, 9.17) is 14.0 Å². The third-order valence-electron chi connectivity index (χ3n) is 3.69. The number of aromatic nitrogens is 2. The highest BCUT2D eigenvalue weighted by Crippen LogP contribution is 2.35. The fourth-order valence-corrected chi connectivity index (χ4v) is 2.32. The highest BCUT2D eigenvalue weighted by Gasteiger charge is 2.27. The van der Waals surface area contributed by atoms with Crippen LogP contribution in [0.25, 0.3) is 0 Å². The first-order valence-corrected chi connectivity index (χ1v) is 7.30. The maximum Gasteiger partial charge on any atom is 0.240 e. The summed E-state index contributed by atoms with van der Waals surface area (Å²) in [6.07, 6.45) is 2.34. The predicted molar refractivity (Wildman–Crippen MR) is 74.0 cm³/mol. The predicted octanol–water partition coefficient (Wildman–Crippen LogP) is 2.08. The Kier molecular flexibility index (Phi) is 3.23. The molecule has 0 bridgehead atoms. The molecule has 1 N–H and O–H groups in total. The van der Waals surface area contributed by atoms with Crippen LogP contribution in [0.2, 0.25) is 0 Å². The van der Waals surface area contributed by atoms with Gasteiger partial charge in [-0.2, -0.15) is 4.98 Å². The molecule has 1 saturated carbocycles. The maximum absolute atomic E-state index is 5.85. The number of para-hydroxylation sites is 2. The van der Waals surface area contributed by atoms with Crippen molar-refractivity contribution in [2.75, 3.05) is 13.2 Å². The SMILES string of the molecule is c1ccc2c(c1)OCC(c1noc(CNCC3CC3)n1)O2. The molecule has 21 heavy (non-hydrogen) atoms. The van der Waals surface area contributed by atoms with Crippen LogP contribution in [0.4, 0.5) is 0 Å². The lowest BCUT2D eigenvalue weighted by atomic mass is 10.2. The van der Waals surface area contributed by atoms with E-state index in [0.29, 0.717) is 30.6 Å². The minimum atomic E-state index is -0.319. The summed E-state index contributed by atoms with van der Waals surface area (Å²) < 4.78 is 16.8. The van der Waals surface area contributed by atoms with Crippen LogP contribution in [-0.4, -0.2) is 23.3 Å². The number of nitrogens with one attached hydrogen (secondary N) is 1. The van der Waals surface area contributed by atoms with Gasteiger partial charge < -0.3 is 19.3 Å². The molecule has 4 rings (SSSR count). The van der Waals surface area contributed by atoms with E-state index >= 15 is 0 Å². The van der Waals surface area contributed by atoms with Crippen LogP contribution in [0, 0.1) is 5.92 Å². The Morgan fingerprint density at radius 1 is 1.19 bits per heavy atom. The van der Waals surface area contributed by atoms with E-state index in [2.05, 4.69) is 15.5 Å². The van der Waals surface area contributed by atoms with E-state index in [-0.39, 0.29) is 6.10 Å². The van der Waals surface area contributed by atoms with Crippen LogP contribution in [0.3, 0.4) is 0 Å². The largest absolute Gasteiger partial charge is 0.485 e. The summed E-state index contributed by atoms with van der Waals surface area (Å²) in [5.41, 5.74) is 0. The molecule has 2 heterocycles. The van der Waals surface area contributed by atoms with Crippen molar-refractivity contribution in [1.82, 2.24) is 15.5 Å². The number of rotatable bonds is 5. The molecule has 0 saturated heterocycles. The Bertz CT molecular complexity index is 624. The second-order valence-corrected chi connectivity index (χ2v) is 5.48. The van der Waals surface area contributed by atoms with Gasteiger partial charge >= 0.3 is 0 Å². The summed E-state index contributed by atoms with van der Waals surface area (Å²) in [7, 11) is 0. The van der Waals surface area contributed by atoms with Gasteiger partial charge in [0.15, 0.2) is 17.6 Å². The summed E-state index contributed by atoms with van der Waals surface area (Å²) in [4.78, 5) is 4.38. The molecule has 1 aliphatic heterocycles. The van der Waals surface area contributed by atoms with Crippen molar-refractivity contribution in [3.05, 3.63) is 36.0 Å². The van der Waals surface area contributed by atoms with Crippen LogP contribution in [0.1, 0.15) is 30.7 Å². The Morgan fingerprint density at radius 2 is 2.05 bits per heavy atom.